The lowest BCUT2D eigenvalue weighted by molar-refractivity contribution is -0.123. The summed E-state index contributed by atoms with van der Waals surface area (Å²) in [6, 6.07) is 26.7. The predicted octanol–water partition coefficient (Wildman–Crippen LogP) is 7.20. The van der Waals surface area contributed by atoms with Crippen molar-refractivity contribution in [1.82, 2.24) is 4.90 Å². The fourth-order valence-corrected chi connectivity index (χ4v) is 5.22. The number of hydrogen-bond acceptors (Lipinski definition) is 6. The molecule has 0 atom stereocenters. The third kappa shape index (κ3) is 5.49. The molecule has 8 heteroatoms. The van der Waals surface area contributed by atoms with Crippen molar-refractivity contribution < 1.29 is 23.8 Å². The Labute approximate surface area is 229 Å². The standard InChI is InChI=1S/C30H24ClNO5S/c1-35-26-15-7-10-21(28(26)37-19-22-11-6-9-20-8-2-3-12-23(20)22)18-27-29(33)32(30(34)38-27)16-17-36-25-14-5-4-13-24(25)31/h2-15,18H,16-17,19H2,1H3/b27-18-. The fraction of sp³-hybridized carbons (Fsp3) is 0.133. The summed E-state index contributed by atoms with van der Waals surface area (Å²) in [5.74, 6) is 1.15. The summed E-state index contributed by atoms with van der Waals surface area (Å²) in [6.45, 7) is 0.548. The van der Waals surface area contributed by atoms with Crippen molar-refractivity contribution in [2.75, 3.05) is 20.3 Å². The Morgan fingerprint density at radius 2 is 1.61 bits per heavy atom. The number of halogens is 1. The maximum atomic E-state index is 13.1. The molecule has 1 aliphatic heterocycles. The van der Waals surface area contributed by atoms with Crippen molar-refractivity contribution in [2.24, 2.45) is 0 Å². The van der Waals surface area contributed by atoms with E-state index >= 15 is 0 Å². The van der Waals surface area contributed by atoms with E-state index in [0.29, 0.717) is 39.3 Å². The maximum Gasteiger partial charge on any atom is 0.293 e. The van der Waals surface area contributed by atoms with Crippen LogP contribution in [0.1, 0.15) is 11.1 Å². The first kappa shape index (κ1) is 25.7. The molecule has 0 N–H and O–H groups in total. The minimum Gasteiger partial charge on any atom is -0.493 e. The number of methoxy groups -OCH3 is 1. The molecule has 6 nitrogen and oxygen atoms in total. The Balaban J connectivity index is 1.34. The Bertz CT molecular complexity index is 1530. The Hall–Kier alpha value is -3.94. The zero-order valence-corrected chi connectivity index (χ0v) is 22.1. The zero-order chi connectivity index (χ0) is 26.5. The highest BCUT2D eigenvalue weighted by Gasteiger charge is 2.35. The number of ether oxygens (including phenoxy) is 3. The second kappa shape index (κ2) is 11.6. The lowest BCUT2D eigenvalue weighted by Crippen LogP contribution is -2.32. The van der Waals surface area contributed by atoms with Crippen molar-refractivity contribution in [2.45, 2.75) is 6.61 Å². The molecule has 5 rings (SSSR count). The summed E-state index contributed by atoms with van der Waals surface area (Å²) in [5.41, 5.74) is 1.67. The van der Waals surface area contributed by atoms with Crippen molar-refractivity contribution in [3.8, 4) is 17.2 Å². The number of carbonyl (C=O) groups excluding carboxylic acids is 2. The Morgan fingerprint density at radius 1 is 0.868 bits per heavy atom. The second-order valence-corrected chi connectivity index (χ2v) is 9.82. The fourth-order valence-electron chi connectivity index (χ4n) is 4.17. The van der Waals surface area contributed by atoms with Crippen LogP contribution < -0.4 is 14.2 Å². The molecular weight excluding hydrogens is 522 g/mol. The van der Waals surface area contributed by atoms with Crippen molar-refractivity contribution in [1.29, 1.82) is 0 Å². The quantitative estimate of drug-likeness (QED) is 0.207. The molecule has 0 saturated carbocycles. The molecule has 0 bridgehead atoms. The Kier molecular flexibility index (Phi) is 7.86. The summed E-state index contributed by atoms with van der Waals surface area (Å²) >= 11 is 7.00. The van der Waals surface area contributed by atoms with E-state index in [1.165, 1.54) is 4.90 Å². The van der Waals surface area contributed by atoms with Gasteiger partial charge < -0.3 is 14.2 Å². The molecule has 1 saturated heterocycles. The van der Waals surface area contributed by atoms with Gasteiger partial charge in [0.05, 0.1) is 23.6 Å². The number of fused-ring (bicyclic) bond motifs is 1. The minimum atomic E-state index is -0.384. The van der Waals surface area contributed by atoms with Crippen LogP contribution in [0.4, 0.5) is 4.79 Å². The lowest BCUT2D eigenvalue weighted by Gasteiger charge is -2.15. The molecule has 0 radical (unpaired) electrons. The van der Waals surface area contributed by atoms with Crippen LogP contribution in [0.25, 0.3) is 16.8 Å². The average Bonchev–Trinajstić information content (AvgIpc) is 3.20. The highest BCUT2D eigenvalue weighted by atomic mass is 35.5. The minimum absolute atomic E-state index is 0.107. The maximum absolute atomic E-state index is 13.1. The number of para-hydroxylation sites is 2. The van der Waals surface area contributed by atoms with E-state index in [1.807, 2.05) is 36.4 Å². The number of carbonyl (C=O) groups is 2. The molecule has 0 unspecified atom stereocenters. The number of amides is 2. The van der Waals surface area contributed by atoms with Crippen LogP contribution in [0.5, 0.6) is 17.2 Å². The normalized spacial score (nSPS) is 14.4. The van der Waals surface area contributed by atoms with Crippen LogP contribution in [0.3, 0.4) is 0 Å². The summed E-state index contributed by atoms with van der Waals surface area (Å²) in [5, 5.41) is 2.34. The van der Waals surface area contributed by atoms with Gasteiger partial charge in [-0.15, -0.1) is 0 Å². The van der Waals surface area contributed by atoms with Crippen molar-refractivity contribution in [3.63, 3.8) is 0 Å². The van der Waals surface area contributed by atoms with Gasteiger partial charge in [-0.05, 0) is 52.4 Å². The SMILES string of the molecule is COc1cccc(/C=C2\SC(=O)N(CCOc3ccccc3Cl)C2=O)c1OCc1cccc2ccccc12. The second-order valence-electron chi connectivity index (χ2n) is 8.42. The molecule has 0 aliphatic carbocycles. The van der Waals surface area contributed by atoms with Crippen LogP contribution in [-0.2, 0) is 11.4 Å². The monoisotopic (exact) mass is 545 g/mol. The van der Waals surface area contributed by atoms with Gasteiger partial charge in [-0.25, -0.2) is 0 Å². The number of rotatable bonds is 9. The van der Waals surface area contributed by atoms with E-state index in [9.17, 15) is 9.59 Å². The van der Waals surface area contributed by atoms with Gasteiger partial charge in [0.2, 0.25) is 0 Å². The lowest BCUT2D eigenvalue weighted by atomic mass is 10.1. The van der Waals surface area contributed by atoms with E-state index in [2.05, 4.69) is 18.2 Å². The van der Waals surface area contributed by atoms with Crippen LogP contribution in [-0.4, -0.2) is 36.3 Å². The van der Waals surface area contributed by atoms with Gasteiger partial charge in [-0.1, -0.05) is 78.3 Å². The van der Waals surface area contributed by atoms with E-state index in [1.54, 1.807) is 43.5 Å². The molecule has 1 fully saturated rings. The summed E-state index contributed by atoms with van der Waals surface area (Å²) in [6.07, 6.45) is 1.67. The summed E-state index contributed by atoms with van der Waals surface area (Å²) < 4.78 is 17.5. The van der Waals surface area contributed by atoms with Gasteiger partial charge in [-0.3, -0.25) is 14.5 Å². The number of nitrogens with zero attached hydrogens (tertiary/aromatic N) is 1. The van der Waals surface area contributed by atoms with Gasteiger partial charge in [0, 0.05) is 5.56 Å². The van der Waals surface area contributed by atoms with Crippen molar-refractivity contribution >= 4 is 51.4 Å². The molecular formula is C30H24ClNO5S. The number of hydrogen-bond donors (Lipinski definition) is 0. The van der Waals surface area contributed by atoms with Crippen LogP contribution in [0, 0.1) is 0 Å². The first-order chi connectivity index (χ1) is 18.5. The molecule has 4 aromatic carbocycles. The number of imide groups is 1. The zero-order valence-electron chi connectivity index (χ0n) is 20.6. The first-order valence-electron chi connectivity index (χ1n) is 11.9. The topological polar surface area (TPSA) is 65.1 Å². The molecule has 1 heterocycles. The van der Waals surface area contributed by atoms with Crippen LogP contribution >= 0.6 is 23.4 Å². The average molecular weight is 546 g/mol. The van der Waals surface area contributed by atoms with Gasteiger partial charge in [0.25, 0.3) is 11.1 Å². The Morgan fingerprint density at radius 3 is 2.45 bits per heavy atom. The third-order valence-corrected chi connectivity index (χ3v) is 7.27. The molecule has 38 heavy (non-hydrogen) atoms. The largest absolute Gasteiger partial charge is 0.493 e. The number of thioether (sulfide) groups is 1. The molecule has 4 aromatic rings. The summed E-state index contributed by atoms with van der Waals surface area (Å²) in [7, 11) is 1.57. The smallest absolute Gasteiger partial charge is 0.293 e. The van der Waals surface area contributed by atoms with E-state index in [-0.39, 0.29) is 24.3 Å². The van der Waals surface area contributed by atoms with Crippen LogP contribution in [0.15, 0.2) is 89.8 Å². The van der Waals surface area contributed by atoms with Gasteiger partial charge in [-0.2, -0.15) is 0 Å². The third-order valence-electron chi connectivity index (χ3n) is 6.05. The predicted molar refractivity (Wildman–Crippen MR) is 151 cm³/mol. The highest BCUT2D eigenvalue weighted by molar-refractivity contribution is 8.18. The summed E-state index contributed by atoms with van der Waals surface area (Å²) in [4.78, 5) is 27.2. The molecule has 2 amide bonds. The van der Waals surface area contributed by atoms with Crippen LogP contribution in [0.2, 0.25) is 5.02 Å². The van der Waals surface area contributed by atoms with E-state index in [0.717, 1.165) is 28.1 Å². The molecule has 192 valence electrons. The molecule has 0 spiro atoms. The van der Waals surface area contributed by atoms with Gasteiger partial charge >= 0.3 is 0 Å². The number of benzene rings is 4. The van der Waals surface area contributed by atoms with Gasteiger partial charge in [0.1, 0.15) is 19.0 Å². The first-order valence-corrected chi connectivity index (χ1v) is 13.1. The van der Waals surface area contributed by atoms with Crippen molar-refractivity contribution in [3.05, 3.63) is 106 Å². The van der Waals surface area contributed by atoms with Gasteiger partial charge in [0.15, 0.2) is 11.5 Å². The van der Waals surface area contributed by atoms with E-state index < -0.39 is 0 Å². The highest BCUT2D eigenvalue weighted by Crippen LogP contribution is 2.38. The van der Waals surface area contributed by atoms with E-state index in [4.69, 9.17) is 25.8 Å². The molecule has 1 aliphatic rings. The molecule has 0 aromatic heterocycles.